The van der Waals surface area contributed by atoms with E-state index in [0.29, 0.717) is 6.54 Å². The van der Waals surface area contributed by atoms with Gasteiger partial charge in [-0.3, -0.25) is 0 Å². The van der Waals surface area contributed by atoms with Crippen LogP contribution in [-0.4, -0.2) is 40.9 Å². The van der Waals surface area contributed by atoms with Crippen LogP contribution in [0.4, 0.5) is 8.78 Å². The fraction of sp³-hybridized carbons (Fsp3) is 0.526. The van der Waals surface area contributed by atoms with Gasteiger partial charge in [0, 0.05) is 23.9 Å². The summed E-state index contributed by atoms with van der Waals surface area (Å²) in [7, 11) is 0. The summed E-state index contributed by atoms with van der Waals surface area (Å²) in [6.07, 6.45) is 3.77. The molecule has 1 aromatic carbocycles. The highest BCUT2D eigenvalue weighted by atomic mass is 19.1. The summed E-state index contributed by atoms with van der Waals surface area (Å²) in [6, 6.07) is 3.57. The number of aryl methyl sites for hydroxylation is 1. The Labute approximate surface area is 147 Å². The molecule has 1 aromatic heterocycles. The Kier molecular flexibility index (Phi) is 5.81. The molecule has 0 bridgehead atoms. The maximum Gasteiger partial charge on any atom is 0.151 e. The lowest BCUT2D eigenvalue weighted by Gasteiger charge is -2.14. The number of benzene rings is 1. The largest absolute Gasteiger partial charge is 0.312 e. The van der Waals surface area contributed by atoms with Crippen molar-refractivity contribution in [3.05, 3.63) is 46.8 Å². The Morgan fingerprint density at radius 1 is 1.16 bits per heavy atom. The van der Waals surface area contributed by atoms with Gasteiger partial charge in [-0.2, -0.15) is 5.10 Å². The minimum Gasteiger partial charge on any atom is -0.312 e. The topological polar surface area (TPSA) is 33.1 Å². The van der Waals surface area contributed by atoms with Gasteiger partial charge in [0.2, 0.25) is 0 Å². The van der Waals surface area contributed by atoms with E-state index in [9.17, 15) is 8.78 Å². The Balaban J connectivity index is 1.59. The van der Waals surface area contributed by atoms with Crippen molar-refractivity contribution < 1.29 is 8.78 Å². The summed E-state index contributed by atoms with van der Waals surface area (Å²) in [5.74, 6) is -1.18. The molecular weight excluding hydrogens is 322 g/mol. The van der Waals surface area contributed by atoms with E-state index in [1.165, 1.54) is 38.1 Å². The van der Waals surface area contributed by atoms with Crippen LogP contribution in [0.3, 0.4) is 0 Å². The van der Waals surface area contributed by atoms with Crippen LogP contribution in [0.2, 0.25) is 0 Å². The predicted octanol–water partition coefficient (Wildman–Crippen LogP) is 3.34. The number of likely N-dealkylation sites (tertiary alicyclic amines) is 1. The van der Waals surface area contributed by atoms with Crippen LogP contribution in [0.25, 0.3) is 5.69 Å². The second kappa shape index (κ2) is 8.06. The number of aromatic nitrogens is 2. The Morgan fingerprint density at radius 3 is 2.64 bits per heavy atom. The molecule has 1 aliphatic heterocycles. The lowest BCUT2D eigenvalue weighted by molar-refractivity contribution is 0.331. The molecule has 1 N–H and O–H groups in total. The van der Waals surface area contributed by atoms with E-state index in [2.05, 4.69) is 15.3 Å². The van der Waals surface area contributed by atoms with Gasteiger partial charge in [0.15, 0.2) is 5.82 Å². The zero-order valence-corrected chi connectivity index (χ0v) is 15.0. The molecular formula is C19H26F2N4. The fourth-order valence-corrected chi connectivity index (χ4v) is 3.47. The third-order valence-electron chi connectivity index (χ3n) is 4.91. The van der Waals surface area contributed by atoms with Crippen molar-refractivity contribution in [1.29, 1.82) is 0 Å². The highest BCUT2D eigenvalue weighted by Gasteiger charge is 2.15. The molecule has 0 unspecified atom stereocenters. The van der Waals surface area contributed by atoms with E-state index < -0.39 is 11.6 Å². The fourth-order valence-electron chi connectivity index (χ4n) is 3.47. The van der Waals surface area contributed by atoms with Crippen LogP contribution in [0.15, 0.2) is 18.2 Å². The average molecular weight is 348 g/mol. The third kappa shape index (κ3) is 4.25. The van der Waals surface area contributed by atoms with Gasteiger partial charge in [-0.15, -0.1) is 0 Å². The molecule has 2 heterocycles. The van der Waals surface area contributed by atoms with Crippen molar-refractivity contribution in [2.24, 2.45) is 0 Å². The summed E-state index contributed by atoms with van der Waals surface area (Å²) in [5, 5.41) is 7.90. The smallest absolute Gasteiger partial charge is 0.151 e. The van der Waals surface area contributed by atoms with Gasteiger partial charge in [0.25, 0.3) is 0 Å². The van der Waals surface area contributed by atoms with Gasteiger partial charge >= 0.3 is 0 Å². The van der Waals surface area contributed by atoms with Crippen LogP contribution in [0.1, 0.15) is 36.2 Å². The van der Waals surface area contributed by atoms with Crippen LogP contribution >= 0.6 is 0 Å². The number of hydrogen-bond acceptors (Lipinski definition) is 3. The van der Waals surface area contributed by atoms with Crippen molar-refractivity contribution in [1.82, 2.24) is 20.0 Å². The third-order valence-corrected chi connectivity index (χ3v) is 4.91. The Hall–Kier alpha value is -1.79. The molecule has 25 heavy (non-hydrogen) atoms. The van der Waals surface area contributed by atoms with E-state index in [0.717, 1.165) is 42.5 Å². The predicted molar refractivity (Wildman–Crippen MR) is 95.0 cm³/mol. The van der Waals surface area contributed by atoms with Crippen molar-refractivity contribution in [2.45, 2.75) is 39.7 Å². The molecule has 0 amide bonds. The standard InChI is InChI=1S/C19H26F2N4/c1-14-17(13-22-8-5-11-24-9-3-4-10-24)15(2)25(23-14)19-7-6-16(20)12-18(19)21/h6-7,12,22H,3-5,8-11,13H2,1-2H3. The summed E-state index contributed by atoms with van der Waals surface area (Å²) in [5.41, 5.74) is 3.11. The van der Waals surface area contributed by atoms with Crippen molar-refractivity contribution in [3.8, 4) is 5.69 Å². The van der Waals surface area contributed by atoms with Gasteiger partial charge in [-0.1, -0.05) is 0 Å². The van der Waals surface area contributed by atoms with Crippen LogP contribution in [0, 0.1) is 25.5 Å². The van der Waals surface area contributed by atoms with Gasteiger partial charge in [-0.05, 0) is 71.4 Å². The van der Waals surface area contributed by atoms with E-state index in [-0.39, 0.29) is 5.69 Å². The van der Waals surface area contributed by atoms with Crippen molar-refractivity contribution >= 4 is 0 Å². The second-order valence-electron chi connectivity index (χ2n) is 6.74. The lowest BCUT2D eigenvalue weighted by atomic mass is 10.2. The first-order valence-corrected chi connectivity index (χ1v) is 9.00. The second-order valence-corrected chi connectivity index (χ2v) is 6.74. The van der Waals surface area contributed by atoms with Crippen LogP contribution in [-0.2, 0) is 6.54 Å². The van der Waals surface area contributed by atoms with Crippen LogP contribution < -0.4 is 5.32 Å². The molecule has 1 fully saturated rings. The summed E-state index contributed by atoms with van der Waals surface area (Å²) in [6.45, 7) is 9.11. The maximum absolute atomic E-state index is 14.0. The molecule has 0 radical (unpaired) electrons. The maximum atomic E-state index is 14.0. The average Bonchev–Trinajstić information content (AvgIpc) is 3.17. The van der Waals surface area contributed by atoms with E-state index in [1.807, 2.05) is 13.8 Å². The Morgan fingerprint density at radius 2 is 1.92 bits per heavy atom. The van der Waals surface area contributed by atoms with Gasteiger partial charge in [0.1, 0.15) is 11.5 Å². The highest BCUT2D eigenvalue weighted by Crippen LogP contribution is 2.20. The normalized spacial score (nSPS) is 15.2. The molecule has 4 nitrogen and oxygen atoms in total. The molecule has 0 aliphatic carbocycles. The zero-order valence-electron chi connectivity index (χ0n) is 15.0. The first-order valence-electron chi connectivity index (χ1n) is 9.00. The molecule has 0 spiro atoms. The molecule has 136 valence electrons. The molecule has 6 heteroatoms. The number of hydrogen-bond donors (Lipinski definition) is 1. The van der Waals surface area contributed by atoms with E-state index in [1.54, 1.807) is 4.68 Å². The molecule has 3 rings (SSSR count). The zero-order chi connectivity index (χ0) is 17.8. The Bertz CT molecular complexity index is 720. The molecule has 1 aliphatic rings. The number of halogens is 2. The number of nitrogens with one attached hydrogen (secondary N) is 1. The minimum absolute atomic E-state index is 0.280. The molecule has 0 atom stereocenters. The quantitative estimate of drug-likeness (QED) is 0.779. The highest BCUT2D eigenvalue weighted by molar-refractivity contribution is 5.38. The lowest BCUT2D eigenvalue weighted by Crippen LogP contribution is -2.24. The van der Waals surface area contributed by atoms with Crippen molar-refractivity contribution in [2.75, 3.05) is 26.2 Å². The molecule has 0 saturated carbocycles. The van der Waals surface area contributed by atoms with Gasteiger partial charge in [0.05, 0.1) is 5.69 Å². The van der Waals surface area contributed by atoms with E-state index >= 15 is 0 Å². The van der Waals surface area contributed by atoms with E-state index in [4.69, 9.17) is 0 Å². The number of nitrogens with zero attached hydrogens (tertiary/aromatic N) is 3. The molecule has 1 saturated heterocycles. The summed E-state index contributed by atoms with van der Waals surface area (Å²) < 4.78 is 28.7. The summed E-state index contributed by atoms with van der Waals surface area (Å²) in [4.78, 5) is 2.51. The van der Waals surface area contributed by atoms with Gasteiger partial charge < -0.3 is 10.2 Å². The first kappa shape index (κ1) is 18.0. The monoisotopic (exact) mass is 348 g/mol. The number of rotatable bonds is 7. The summed E-state index contributed by atoms with van der Waals surface area (Å²) >= 11 is 0. The van der Waals surface area contributed by atoms with Crippen molar-refractivity contribution in [3.63, 3.8) is 0 Å². The minimum atomic E-state index is -0.601. The molecule has 2 aromatic rings. The first-order chi connectivity index (χ1) is 12.1. The SMILES string of the molecule is Cc1nn(-c2ccc(F)cc2F)c(C)c1CNCCCN1CCCC1. The van der Waals surface area contributed by atoms with Gasteiger partial charge in [-0.25, -0.2) is 13.5 Å². The van der Waals surface area contributed by atoms with Crippen LogP contribution in [0.5, 0.6) is 0 Å².